The minimum absolute atomic E-state index is 0.0161. The zero-order chi connectivity index (χ0) is 49.8. The van der Waals surface area contributed by atoms with Crippen molar-refractivity contribution >= 4 is 63.4 Å². The van der Waals surface area contributed by atoms with Gasteiger partial charge in [-0.05, 0) is 87.1 Å². The summed E-state index contributed by atoms with van der Waals surface area (Å²) in [4.78, 5) is 34.1. The molecule has 1 N–H and O–H groups in total. The van der Waals surface area contributed by atoms with Crippen LogP contribution in [0.2, 0.25) is 5.02 Å². The number of hydrogen-bond acceptors (Lipinski definition) is 7. The number of thioether (sulfide) groups is 1. The average Bonchev–Trinajstić information content (AvgIpc) is 4.02. The van der Waals surface area contributed by atoms with E-state index in [1.165, 1.54) is 47.9 Å². The predicted octanol–water partition coefficient (Wildman–Crippen LogP) is 10.3. The third-order valence-corrected chi connectivity index (χ3v) is 13.6. The van der Waals surface area contributed by atoms with E-state index in [1.807, 2.05) is 0 Å². The summed E-state index contributed by atoms with van der Waals surface area (Å²) in [6.07, 6.45) is -7.54. The number of anilines is 1. The van der Waals surface area contributed by atoms with E-state index in [9.17, 15) is 49.3 Å². The second-order valence-electron chi connectivity index (χ2n) is 16.9. The minimum Gasteiger partial charge on any atom is -0.593 e. The van der Waals surface area contributed by atoms with E-state index in [-0.39, 0.29) is 61.8 Å². The first-order valence-electron chi connectivity index (χ1n) is 20.8. The lowest BCUT2D eigenvalue weighted by molar-refractivity contribution is -0.143. The van der Waals surface area contributed by atoms with Crippen molar-refractivity contribution in [3.8, 4) is 23.0 Å². The van der Waals surface area contributed by atoms with Crippen LogP contribution in [-0.2, 0) is 47.8 Å². The molecule has 7 rings (SSSR count). The number of nitrogens with zero attached hydrogens (tertiary/aromatic N) is 7. The summed E-state index contributed by atoms with van der Waals surface area (Å²) in [6.45, 7) is 2.31. The topological polar surface area (TPSA) is 124 Å². The van der Waals surface area contributed by atoms with Crippen molar-refractivity contribution in [1.82, 2.24) is 34.8 Å². The number of aromatic nitrogens is 5. The maximum Gasteiger partial charge on any atom is 0.435 e. The molecule has 364 valence electrons. The second-order valence-corrected chi connectivity index (χ2v) is 19.9. The van der Waals surface area contributed by atoms with Crippen LogP contribution in [0.4, 0.5) is 54.5 Å². The third-order valence-electron chi connectivity index (χ3n) is 11.4. The van der Waals surface area contributed by atoms with E-state index < -0.39 is 119 Å². The van der Waals surface area contributed by atoms with E-state index in [1.54, 1.807) is 20.1 Å². The third kappa shape index (κ3) is 10.7. The van der Waals surface area contributed by atoms with Gasteiger partial charge in [-0.2, -0.15) is 40.2 Å². The number of halogens is 11. The highest BCUT2D eigenvalue weighted by Gasteiger charge is 2.53. The molecule has 68 heavy (non-hydrogen) atoms. The molecule has 11 nitrogen and oxygen atoms in total. The molecule has 0 saturated carbocycles. The van der Waals surface area contributed by atoms with Crippen LogP contribution in [0.5, 0.6) is 0 Å². The van der Waals surface area contributed by atoms with Crippen LogP contribution < -0.4 is 9.62 Å². The van der Waals surface area contributed by atoms with Gasteiger partial charge in [-0.25, -0.2) is 18.6 Å². The highest BCUT2D eigenvalue weighted by Crippen LogP contribution is 2.52. The molecular formula is C44H41ClF10N8O3S2. The van der Waals surface area contributed by atoms with Crippen LogP contribution in [0, 0.1) is 23.5 Å². The number of nitrogens with one attached hydrogen (secondary N) is 1. The molecular weight excluding hydrogens is 978 g/mol. The summed E-state index contributed by atoms with van der Waals surface area (Å²) in [6, 6.07) is 5.30. The largest absolute Gasteiger partial charge is 0.593 e. The summed E-state index contributed by atoms with van der Waals surface area (Å²) in [5.74, 6) is -2.98. The fourth-order valence-corrected chi connectivity index (χ4v) is 9.46. The van der Waals surface area contributed by atoms with Crippen molar-refractivity contribution in [2.75, 3.05) is 29.9 Å². The first-order valence-corrected chi connectivity index (χ1v) is 23.9. The second kappa shape index (κ2) is 19.0. The highest BCUT2D eigenvalue weighted by molar-refractivity contribution is 8.00. The van der Waals surface area contributed by atoms with Gasteiger partial charge in [0.1, 0.15) is 42.4 Å². The number of hydrogen-bond donors (Lipinski definition) is 1. The molecule has 0 bridgehead atoms. The molecule has 0 spiro atoms. The molecule has 1 aliphatic carbocycles. The van der Waals surface area contributed by atoms with Gasteiger partial charge in [0.05, 0.1) is 43.8 Å². The Labute approximate surface area is 395 Å². The molecule has 3 atom stereocenters. The Kier molecular flexibility index (Phi) is 14.1. The van der Waals surface area contributed by atoms with Crippen LogP contribution in [0.15, 0.2) is 42.5 Å². The van der Waals surface area contributed by atoms with Crippen molar-refractivity contribution in [1.29, 1.82) is 0 Å². The summed E-state index contributed by atoms with van der Waals surface area (Å²) in [7, 11) is 0. The number of urea groups is 1. The molecule has 3 aromatic heterocycles. The Bertz CT molecular complexity index is 2810. The van der Waals surface area contributed by atoms with Crippen molar-refractivity contribution in [3.05, 3.63) is 93.0 Å². The van der Waals surface area contributed by atoms with Crippen molar-refractivity contribution in [2.24, 2.45) is 0 Å². The maximum atomic E-state index is 15.4. The summed E-state index contributed by atoms with van der Waals surface area (Å²) < 4.78 is 161. The minimum atomic E-state index is -5.18. The Morgan fingerprint density at radius 2 is 1.66 bits per heavy atom. The molecule has 1 aliphatic heterocycles. The molecule has 1 saturated heterocycles. The van der Waals surface area contributed by atoms with Gasteiger partial charge < -0.3 is 14.8 Å². The zero-order valence-corrected chi connectivity index (χ0v) is 39.1. The van der Waals surface area contributed by atoms with Crippen LogP contribution in [-0.4, -0.2) is 82.5 Å². The summed E-state index contributed by atoms with van der Waals surface area (Å²) in [5.41, 5.74) is -4.38. The SMILES string of the molecule is CSC(C)(C)C#Cc1ccc(-c2ccc(Cl)c3c(N(C(=O)N4CCCC4)[S+](C)[O-])nn(CC(F)(F)F)c23)c(C(Cc2cc(F)cc(F)c2)NC(=O)Cn2nc(C(F)(F)F)c3c2C(F)(F)C[C@@H]3C)n1. The van der Waals surface area contributed by atoms with Crippen molar-refractivity contribution in [2.45, 2.75) is 94.5 Å². The molecule has 4 heterocycles. The highest BCUT2D eigenvalue weighted by atomic mass is 35.5. The number of carbonyl (C=O) groups excluding carboxylic acids is 2. The molecule has 3 amide bonds. The lowest BCUT2D eigenvalue weighted by atomic mass is 9.93. The first kappa shape index (κ1) is 50.7. The normalized spacial score (nSPS) is 17.0. The molecule has 5 aromatic rings. The van der Waals surface area contributed by atoms with Gasteiger partial charge in [0.15, 0.2) is 5.69 Å². The number of rotatable bonds is 11. The molecule has 0 radical (unpaired) electrons. The molecule has 24 heteroatoms. The summed E-state index contributed by atoms with van der Waals surface area (Å²) in [5, 5.41) is 9.68. The number of benzene rings is 2. The average molecular weight is 1020 g/mol. The van der Waals surface area contributed by atoms with Crippen molar-refractivity contribution < 1.29 is 58.0 Å². The number of likely N-dealkylation sites (tertiary alicyclic amines) is 1. The summed E-state index contributed by atoms with van der Waals surface area (Å²) >= 11 is 5.90. The van der Waals surface area contributed by atoms with Gasteiger partial charge in [0.2, 0.25) is 11.7 Å². The quantitative estimate of drug-likeness (QED) is 0.0794. The number of carbonyl (C=O) groups is 2. The van der Waals surface area contributed by atoms with Gasteiger partial charge in [-0.3, -0.25) is 14.2 Å². The van der Waals surface area contributed by atoms with Crippen LogP contribution >= 0.6 is 23.4 Å². The fraction of sp³-hybridized carbons (Fsp3) is 0.432. The van der Waals surface area contributed by atoms with E-state index in [0.29, 0.717) is 23.6 Å². The zero-order valence-electron chi connectivity index (χ0n) is 36.7. The van der Waals surface area contributed by atoms with E-state index in [2.05, 4.69) is 27.4 Å². The Hall–Kier alpha value is -5.18. The Morgan fingerprint density at radius 3 is 2.26 bits per heavy atom. The van der Waals surface area contributed by atoms with E-state index in [4.69, 9.17) is 16.6 Å². The number of fused-ring (bicyclic) bond motifs is 2. The van der Waals surface area contributed by atoms with E-state index >= 15 is 8.78 Å². The van der Waals surface area contributed by atoms with Crippen LogP contribution in [0.1, 0.15) is 85.9 Å². The standard InChI is InChI=1S/C44H41ClF10N8O3S2/c1-23-20-42(48,49)38-33(23)37(44(53,54)55)58-61(38)21-32(64)57-31(18-24-16-25(46)19-26(47)17-24)35-28(9-8-27(56-35)12-13-41(2,3)67-4)29-10-11-30(45)34-36(29)62(22-43(50,51)52)59-39(34)63(68(5)66)40(65)60-14-6-7-15-60/h8-11,16-17,19,23,31H,6-7,14-15,18,20-22H2,1-5H3,(H,57,64)/t23-,31?,68?/m0/s1. The molecule has 2 unspecified atom stereocenters. The van der Waals surface area contributed by atoms with Crippen LogP contribution in [0.25, 0.3) is 22.0 Å². The fourth-order valence-electron chi connectivity index (χ4n) is 8.36. The molecule has 2 aromatic carbocycles. The monoisotopic (exact) mass is 1020 g/mol. The van der Waals surface area contributed by atoms with Gasteiger partial charge in [-0.15, -0.1) is 16.9 Å². The number of amides is 3. The predicted molar refractivity (Wildman–Crippen MR) is 236 cm³/mol. The van der Waals surface area contributed by atoms with Gasteiger partial charge in [-0.1, -0.05) is 34.8 Å². The van der Waals surface area contributed by atoms with Crippen LogP contribution in [0.3, 0.4) is 0 Å². The number of pyridine rings is 1. The van der Waals surface area contributed by atoms with Gasteiger partial charge >= 0.3 is 18.4 Å². The van der Waals surface area contributed by atoms with Gasteiger partial charge in [0, 0.05) is 42.3 Å². The maximum absolute atomic E-state index is 15.4. The first-order chi connectivity index (χ1) is 31.7. The molecule has 1 fully saturated rings. The Balaban J connectivity index is 1.46. The Morgan fingerprint density at radius 1 is 1.01 bits per heavy atom. The number of alkyl halides is 8. The van der Waals surface area contributed by atoms with Gasteiger partial charge in [0.25, 0.3) is 5.92 Å². The van der Waals surface area contributed by atoms with E-state index in [0.717, 1.165) is 22.7 Å². The van der Waals surface area contributed by atoms with Crippen molar-refractivity contribution in [3.63, 3.8) is 0 Å². The lowest BCUT2D eigenvalue weighted by Crippen LogP contribution is -2.45. The lowest BCUT2D eigenvalue weighted by Gasteiger charge is -2.25. The smallest absolute Gasteiger partial charge is 0.435 e. The molecule has 2 aliphatic rings.